The van der Waals surface area contributed by atoms with Crippen LogP contribution in [0.1, 0.15) is 5.56 Å². The Morgan fingerprint density at radius 3 is 3.13 bits per heavy atom. The maximum absolute atomic E-state index is 4.11. The molecule has 0 saturated heterocycles. The SMILES string of the molecule is Cc1cnnc(NCCn2cccn2)c1. The van der Waals surface area contributed by atoms with E-state index in [1.165, 1.54) is 0 Å². The summed E-state index contributed by atoms with van der Waals surface area (Å²) in [5.41, 5.74) is 1.10. The van der Waals surface area contributed by atoms with Crippen LogP contribution in [0.15, 0.2) is 30.7 Å². The Morgan fingerprint density at radius 2 is 2.40 bits per heavy atom. The molecule has 0 saturated carbocycles. The lowest BCUT2D eigenvalue weighted by atomic mass is 10.3. The highest BCUT2D eigenvalue weighted by atomic mass is 15.3. The molecule has 5 nitrogen and oxygen atoms in total. The van der Waals surface area contributed by atoms with E-state index in [1.807, 2.05) is 29.9 Å². The molecule has 0 amide bonds. The Morgan fingerprint density at radius 1 is 1.47 bits per heavy atom. The lowest BCUT2D eigenvalue weighted by Gasteiger charge is -2.05. The summed E-state index contributed by atoms with van der Waals surface area (Å²) >= 11 is 0. The number of anilines is 1. The molecular weight excluding hydrogens is 190 g/mol. The van der Waals surface area contributed by atoms with Crippen LogP contribution in [0.2, 0.25) is 0 Å². The molecule has 0 aliphatic carbocycles. The molecule has 2 heterocycles. The zero-order valence-corrected chi connectivity index (χ0v) is 8.59. The summed E-state index contributed by atoms with van der Waals surface area (Å²) in [5, 5.41) is 15.1. The third-order valence-corrected chi connectivity index (χ3v) is 2.00. The molecule has 0 aliphatic rings. The summed E-state index contributed by atoms with van der Waals surface area (Å²) in [5.74, 6) is 0.808. The molecule has 2 rings (SSSR count). The summed E-state index contributed by atoms with van der Waals surface area (Å²) in [6.45, 7) is 3.61. The van der Waals surface area contributed by atoms with Gasteiger partial charge in [-0.15, -0.1) is 5.10 Å². The topological polar surface area (TPSA) is 55.6 Å². The van der Waals surface area contributed by atoms with Gasteiger partial charge in [0.1, 0.15) is 5.82 Å². The first-order chi connectivity index (χ1) is 7.34. The van der Waals surface area contributed by atoms with Gasteiger partial charge in [-0.05, 0) is 24.6 Å². The van der Waals surface area contributed by atoms with Crippen molar-refractivity contribution in [1.82, 2.24) is 20.0 Å². The van der Waals surface area contributed by atoms with Crippen LogP contribution in [0.25, 0.3) is 0 Å². The Kier molecular flexibility index (Phi) is 2.92. The van der Waals surface area contributed by atoms with Crippen LogP contribution in [-0.4, -0.2) is 26.5 Å². The molecule has 2 aromatic rings. The van der Waals surface area contributed by atoms with Gasteiger partial charge in [0.25, 0.3) is 0 Å². The lowest BCUT2D eigenvalue weighted by Crippen LogP contribution is -2.11. The second kappa shape index (κ2) is 4.54. The van der Waals surface area contributed by atoms with Crippen molar-refractivity contribution in [1.29, 1.82) is 0 Å². The second-order valence-electron chi connectivity index (χ2n) is 3.31. The quantitative estimate of drug-likeness (QED) is 0.808. The minimum atomic E-state index is 0.791. The van der Waals surface area contributed by atoms with E-state index in [2.05, 4.69) is 20.6 Å². The first-order valence-electron chi connectivity index (χ1n) is 4.85. The first-order valence-corrected chi connectivity index (χ1v) is 4.85. The second-order valence-corrected chi connectivity index (χ2v) is 3.31. The summed E-state index contributed by atoms with van der Waals surface area (Å²) in [7, 11) is 0. The number of aryl methyl sites for hydroxylation is 1. The van der Waals surface area contributed by atoms with Crippen LogP contribution in [0, 0.1) is 6.92 Å². The van der Waals surface area contributed by atoms with Crippen LogP contribution in [0.5, 0.6) is 0 Å². The fourth-order valence-corrected chi connectivity index (χ4v) is 1.28. The average Bonchev–Trinajstić information content (AvgIpc) is 2.71. The van der Waals surface area contributed by atoms with Crippen LogP contribution >= 0.6 is 0 Å². The molecule has 15 heavy (non-hydrogen) atoms. The van der Waals surface area contributed by atoms with E-state index in [1.54, 1.807) is 12.4 Å². The van der Waals surface area contributed by atoms with Gasteiger partial charge in [0, 0.05) is 18.9 Å². The maximum Gasteiger partial charge on any atom is 0.148 e. The molecule has 2 aromatic heterocycles. The van der Waals surface area contributed by atoms with Gasteiger partial charge in [0.2, 0.25) is 0 Å². The van der Waals surface area contributed by atoms with Crippen LogP contribution in [0.4, 0.5) is 5.82 Å². The van der Waals surface area contributed by atoms with E-state index in [0.29, 0.717) is 0 Å². The van der Waals surface area contributed by atoms with Crippen LogP contribution in [0.3, 0.4) is 0 Å². The highest BCUT2D eigenvalue weighted by Gasteiger charge is 1.95. The highest BCUT2D eigenvalue weighted by Crippen LogP contribution is 2.02. The number of hydrogen-bond donors (Lipinski definition) is 1. The van der Waals surface area contributed by atoms with Crippen molar-refractivity contribution in [2.24, 2.45) is 0 Å². The zero-order chi connectivity index (χ0) is 10.5. The van der Waals surface area contributed by atoms with Crippen LogP contribution < -0.4 is 5.32 Å². The van der Waals surface area contributed by atoms with Crippen molar-refractivity contribution in [3.8, 4) is 0 Å². The molecule has 5 heteroatoms. The molecule has 0 aliphatic heterocycles. The number of rotatable bonds is 4. The van der Waals surface area contributed by atoms with Crippen molar-refractivity contribution in [3.05, 3.63) is 36.3 Å². The molecule has 78 valence electrons. The first kappa shape index (κ1) is 9.64. The van der Waals surface area contributed by atoms with E-state index >= 15 is 0 Å². The smallest absolute Gasteiger partial charge is 0.148 e. The Hall–Kier alpha value is -1.91. The van der Waals surface area contributed by atoms with E-state index in [-0.39, 0.29) is 0 Å². The van der Waals surface area contributed by atoms with Crippen molar-refractivity contribution in [2.75, 3.05) is 11.9 Å². The molecule has 0 spiro atoms. The number of aromatic nitrogens is 4. The zero-order valence-electron chi connectivity index (χ0n) is 8.59. The Labute approximate surface area is 88.1 Å². The molecular formula is C10H13N5. The molecule has 0 unspecified atom stereocenters. The van der Waals surface area contributed by atoms with Gasteiger partial charge in [0.15, 0.2) is 0 Å². The molecule has 0 atom stereocenters. The van der Waals surface area contributed by atoms with Gasteiger partial charge in [-0.3, -0.25) is 4.68 Å². The minimum absolute atomic E-state index is 0.791. The summed E-state index contributed by atoms with van der Waals surface area (Å²) in [6, 6.07) is 3.88. The molecule has 1 N–H and O–H groups in total. The standard InChI is InChI=1S/C10H13N5/c1-9-7-10(14-12-8-9)11-4-6-15-5-2-3-13-15/h2-3,5,7-8H,4,6H2,1H3,(H,11,14). The predicted molar refractivity (Wildman–Crippen MR) is 57.5 cm³/mol. The molecule has 0 radical (unpaired) electrons. The highest BCUT2D eigenvalue weighted by molar-refractivity contribution is 5.34. The van der Waals surface area contributed by atoms with Crippen molar-refractivity contribution >= 4 is 5.82 Å². The van der Waals surface area contributed by atoms with Gasteiger partial charge in [0.05, 0.1) is 12.7 Å². The monoisotopic (exact) mass is 203 g/mol. The molecule has 0 fully saturated rings. The fraction of sp³-hybridized carbons (Fsp3) is 0.300. The normalized spacial score (nSPS) is 10.2. The molecule has 0 bridgehead atoms. The van der Waals surface area contributed by atoms with E-state index in [9.17, 15) is 0 Å². The molecule has 0 aromatic carbocycles. The van der Waals surface area contributed by atoms with Crippen molar-refractivity contribution in [3.63, 3.8) is 0 Å². The third-order valence-electron chi connectivity index (χ3n) is 2.00. The average molecular weight is 203 g/mol. The van der Waals surface area contributed by atoms with Crippen LogP contribution in [-0.2, 0) is 6.54 Å². The summed E-state index contributed by atoms with van der Waals surface area (Å²) in [6.07, 6.45) is 5.44. The largest absolute Gasteiger partial charge is 0.367 e. The summed E-state index contributed by atoms with van der Waals surface area (Å²) in [4.78, 5) is 0. The fourth-order valence-electron chi connectivity index (χ4n) is 1.28. The van der Waals surface area contributed by atoms with Crippen molar-refractivity contribution in [2.45, 2.75) is 13.5 Å². The predicted octanol–water partition coefficient (Wildman–Crippen LogP) is 1.09. The number of nitrogens with zero attached hydrogens (tertiary/aromatic N) is 4. The third kappa shape index (κ3) is 2.77. The minimum Gasteiger partial charge on any atom is -0.367 e. The van der Waals surface area contributed by atoms with E-state index in [4.69, 9.17) is 0 Å². The number of hydrogen-bond acceptors (Lipinski definition) is 4. The van der Waals surface area contributed by atoms with Crippen molar-refractivity contribution < 1.29 is 0 Å². The van der Waals surface area contributed by atoms with Gasteiger partial charge >= 0.3 is 0 Å². The van der Waals surface area contributed by atoms with E-state index in [0.717, 1.165) is 24.5 Å². The summed E-state index contributed by atoms with van der Waals surface area (Å²) < 4.78 is 1.87. The van der Waals surface area contributed by atoms with Gasteiger partial charge in [-0.2, -0.15) is 10.2 Å². The lowest BCUT2D eigenvalue weighted by molar-refractivity contribution is 0.636. The number of nitrogens with one attached hydrogen (secondary N) is 1. The Balaban J connectivity index is 1.83. The van der Waals surface area contributed by atoms with Gasteiger partial charge in [-0.25, -0.2) is 0 Å². The van der Waals surface area contributed by atoms with Gasteiger partial charge in [-0.1, -0.05) is 0 Å². The van der Waals surface area contributed by atoms with E-state index < -0.39 is 0 Å². The van der Waals surface area contributed by atoms with Gasteiger partial charge < -0.3 is 5.32 Å². The Bertz CT molecular complexity index is 410. The maximum atomic E-state index is 4.11.